The Hall–Kier alpha value is -0.750. The molecule has 0 bridgehead atoms. The molecule has 2 heterocycles. The Labute approximate surface area is 105 Å². The minimum Gasteiger partial charge on any atom is -0.303 e. The number of sulfone groups is 1. The van der Waals surface area contributed by atoms with Gasteiger partial charge in [-0.25, -0.2) is 13.4 Å². The summed E-state index contributed by atoms with van der Waals surface area (Å²) in [6.07, 6.45) is 5.38. The summed E-state index contributed by atoms with van der Waals surface area (Å²) < 4.78 is 22.6. The van der Waals surface area contributed by atoms with Gasteiger partial charge in [0.25, 0.3) is 0 Å². The molecule has 0 amide bonds. The molecule has 1 aliphatic rings. The summed E-state index contributed by atoms with van der Waals surface area (Å²) in [5.41, 5.74) is 0. The van der Waals surface area contributed by atoms with Gasteiger partial charge in [-0.3, -0.25) is 0 Å². The smallest absolute Gasteiger partial charge is 0.150 e. The molecule has 0 aliphatic carbocycles. The summed E-state index contributed by atoms with van der Waals surface area (Å²) >= 11 is 1.56. The summed E-state index contributed by atoms with van der Waals surface area (Å²) in [5.74, 6) is 1.04. The fraction of sp³-hybridized carbons (Fsp3) is 0.636. The van der Waals surface area contributed by atoms with Gasteiger partial charge in [0.1, 0.15) is 16.1 Å². The molecule has 0 spiro atoms. The first kappa shape index (κ1) is 12.7. The van der Waals surface area contributed by atoms with Crippen molar-refractivity contribution in [3.05, 3.63) is 16.1 Å². The van der Waals surface area contributed by atoms with Gasteiger partial charge in [-0.15, -0.1) is 11.3 Å². The van der Waals surface area contributed by atoms with Crippen LogP contribution in [0.5, 0.6) is 0 Å². The second-order valence-corrected chi connectivity index (χ2v) is 7.89. The molecule has 1 fully saturated rings. The molecule has 1 saturated heterocycles. The maximum Gasteiger partial charge on any atom is 0.150 e. The number of aromatic nitrogens is 1. The zero-order valence-corrected chi connectivity index (χ0v) is 11.1. The van der Waals surface area contributed by atoms with Crippen LogP contribution in [0.3, 0.4) is 0 Å². The predicted molar refractivity (Wildman–Crippen MR) is 67.0 cm³/mol. The van der Waals surface area contributed by atoms with Gasteiger partial charge in [0.15, 0.2) is 0 Å². The van der Waals surface area contributed by atoms with Crippen molar-refractivity contribution in [1.29, 1.82) is 0 Å². The average molecular weight is 273 g/mol. The quantitative estimate of drug-likeness (QED) is 0.775. The zero-order chi connectivity index (χ0) is 12.3. The Morgan fingerprint density at radius 2 is 2.12 bits per heavy atom. The largest absolute Gasteiger partial charge is 0.303 e. The van der Waals surface area contributed by atoms with Crippen LogP contribution in [0.15, 0.2) is 6.20 Å². The lowest BCUT2D eigenvalue weighted by molar-refractivity contribution is -0.107. The molecular formula is C11H15NO3S2. The number of hydrogen-bond acceptors (Lipinski definition) is 5. The molecule has 0 aromatic carbocycles. The third kappa shape index (κ3) is 3.61. The highest BCUT2D eigenvalue weighted by molar-refractivity contribution is 7.91. The first-order valence-electron chi connectivity index (χ1n) is 5.67. The van der Waals surface area contributed by atoms with Gasteiger partial charge in [0, 0.05) is 23.9 Å². The number of aldehydes is 1. The van der Waals surface area contributed by atoms with Gasteiger partial charge in [-0.05, 0) is 18.8 Å². The van der Waals surface area contributed by atoms with Crippen LogP contribution in [0.4, 0.5) is 0 Å². The van der Waals surface area contributed by atoms with Crippen LogP contribution < -0.4 is 0 Å². The van der Waals surface area contributed by atoms with Crippen molar-refractivity contribution in [2.45, 2.75) is 25.7 Å². The maximum absolute atomic E-state index is 11.3. The van der Waals surface area contributed by atoms with Gasteiger partial charge in [-0.1, -0.05) is 0 Å². The molecule has 1 aliphatic heterocycles. The van der Waals surface area contributed by atoms with E-state index in [0.717, 1.165) is 35.4 Å². The first-order chi connectivity index (χ1) is 8.09. The highest BCUT2D eigenvalue weighted by atomic mass is 32.2. The Morgan fingerprint density at radius 1 is 1.41 bits per heavy atom. The first-order valence-corrected chi connectivity index (χ1v) is 8.30. The monoisotopic (exact) mass is 273 g/mol. The summed E-state index contributed by atoms with van der Waals surface area (Å²) in [5, 5.41) is 1.02. The van der Waals surface area contributed by atoms with Gasteiger partial charge >= 0.3 is 0 Å². The highest BCUT2D eigenvalue weighted by Crippen LogP contribution is 2.25. The van der Waals surface area contributed by atoms with Crippen molar-refractivity contribution >= 4 is 27.5 Å². The number of thiazole rings is 1. The zero-order valence-electron chi connectivity index (χ0n) is 9.46. The van der Waals surface area contributed by atoms with E-state index in [1.54, 1.807) is 17.5 Å². The lowest BCUT2D eigenvalue weighted by Crippen LogP contribution is -2.24. The Kier molecular flexibility index (Phi) is 3.93. The molecule has 4 nitrogen and oxygen atoms in total. The minimum absolute atomic E-state index is 0.310. The van der Waals surface area contributed by atoms with Crippen LogP contribution in [0.1, 0.15) is 22.7 Å². The van der Waals surface area contributed by atoms with E-state index in [2.05, 4.69) is 4.98 Å². The Balaban J connectivity index is 1.90. The van der Waals surface area contributed by atoms with Crippen LogP contribution in [-0.2, 0) is 27.5 Å². The Bertz CT molecular complexity index is 479. The molecule has 0 unspecified atom stereocenters. The number of hydrogen-bond donors (Lipinski definition) is 0. The van der Waals surface area contributed by atoms with Crippen molar-refractivity contribution in [2.75, 3.05) is 11.5 Å². The predicted octanol–water partition coefficient (Wildman–Crippen LogP) is 1.25. The molecule has 0 saturated carbocycles. The van der Waals surface area contributed by atoms with Crippen molar-refractivity contribution in [2.24, 2.45) is 5.92 Å². The fourth-order valence-corrected chi connectivity index (χ4v) is 4.58. The van der Waals surface area contributed by atoms with Crippen molar-refractivity contribution in [3.8, 4) is 0 Å². The number of carbonyl (C=O) groups excluding carboxylic acids is 1. The van der Waals surface area contributed by atoms with E-state index in [4.69, 9.17) is 0 Å². The lowest BCUT2D eigenvalue weighted by atomic mass is 9.99. The van der Waals surface area contributed by atoms with Gasteiger partial charge in [-0.2, -0.15) is 0 Å². The molecule has 1 aromatic heterocycles. The maximum atomic E-state index is 11.3. The van der Waals surface area contributed by atoms with E-state index in [0.29, 0.717) is 23.8 Å². The van der Waals surface area contributed by atoms with Gasteiger partial charge in [0.05, 0.1) is 16.5 Å². The molecule has 6 heteroatoms. The van der Waals surface area contributed by atoms with Crippen molar-refractivity contribution in [1.82, 2.24) is 4.98 Å². The molecule has 17 heavy (non-hydrogen) atoms. The summed E-state index contributed by atoms with van der Waals surface area (Å²) in [6.45, 7) is 0. The SMILES string of the molecule is O=CCc1cnc(CC2CCS(=O)(=O)CC2)s1. The van der Waals surface area contributed by atoms with Crippen molar-refractivity contribution in [3.63, 3.8) is 0 Å². The van der Waals surface area contributed by atoms with Crippen LogP contribution >= 0.6 is 11.3 Å². The highest BCUT2D eigenvalue weighted by Gasteiger charge is 2.24. The average Bonchev–Trinajstić information content (AvgIpc) is 2.70. The number of rotatable bonds is 4. The van der Waals surface area contributed by atoms with E-state index in [9.17, 15) is 13.2 Å². The minimum atomic E-state index is -2.77. The molecular weight excluding hydrogens is 258 g/mol. The topological polar surface area (TPSA) is 64.1 Å². The molecule has 0 N–H and O–H groups in total. The normalized spacial score (nSPS) is 20.2. The van der Waals surface area contributed by atoms with E-state index in [1.807, 2.05) is 0 Å². The molecule has 1 aromatic rings. The van der Waals surface area contributed by atoms with Crippen LogP contribution in [0, 0.1) is 5.92 Å². The molecule has 0 radical (unpaired) electrons. The van der Waals surface area contributed by atoms with E-state index >= 15 is 0 Å². The molecule has 2 rings (SSSR count). The number of carbonyl (C=O) groups is 1. The van der Waals surface area contributed by atoms with E-state index < -0.39 is 9.84 Å². The summed E-state index contributed by atoms with van der Waals surface area (Å²) in [4.78, 5) is 15.6. The van der Waals surface area contributed by atoms with Crippen LogP contribution in [0.25, 0.3) is 0 Å². The molecule has 94 valence electrons. The Morgan fingerprint density at radius 3 is 2.76 bits per heavy atom. The molecule has 0 atom stereocenters. The fourth-order valence-electron chi connectivity index (χ4n) is 2.01. The second kappa shape index (κ2) is 5.27. The van der Waals surface area contributed by atoms with Crippen LogP contribution in [-0.4, -0.2) is 31.2 Å². The third-order valence-electron chi connectivity index (χ3n) is 3.02. The van der Waals surface area contributed by atoms with E-state index in [1.165, 1.54) is 0 Å². The standard InChI is InChI=1S/C11H15NO3S2/c13-4-1-10-8-12-11(16-10)7-9-2-5-17(14,15)6-3-9/h4,8-9H,1-3,5-7H2. The van der Waals surface area contributed by atoms with Gasteiger partial charge in [0.2, 0.25) is 0 Å². The summed E-state index contributed by atoms with van der Waals surface area (Å²) in [7, 11) is -2.77. The number of nitrogens with zero attached hydrogens (tertiary/aromatic N) is 1. The van der Waals surface area contributed by atoms with Crippen LogP contribution in [0.2, 0.25) is 0 Å². The lowest BCUT2D eigenvalue weighted by Gasteiger charge is -2.20. The van der Waals surface area contributed by atoms with Crippen molar-refractivity contribution < 1.29 is 13.2 Å². The van der Waals surface area contributed by atoms with Gasteiger partial charge < -0.3 is 4.79 Å². The second-order valence-electron chi connectivity index (χ2n) is 4.39. The van der Waals surface area contributed by atoms with E-state index in [-0.39, 0.29) is 0 Å². The third-order valence-corrected chi connectivity index (χ3v) is 5.78. The summed E-state index contributed by atoms with van der Waals surface area (Å²) in [6, 6.07) is 0.